The summed E-state index contributed by atoms with van der Waals surface area (Å²) in [5, 5.41) is 3.50. The monoisotopic (exact) mass is 387 g/mol. The minimum absolute atomic E-state index is 0.211. The molecule has 1 N–H and O–H groups in total. The highest BCUT2D eigenvalue weighted by Crippen LogP contribution is 2.40. The van der Waals surface area contributed by atoms with Crippen molar-refractivity contribution < 1.29 is 19.1 Å². The van der Waals surface area contributed by atoms with Crippen LogP contribution in [0.15, 0.2) is 24.3 Å². The lowest BCUT2D eigenvalue weighted by Gasteiger charge is -2.18. The van der Waals surface area contributed by atoms with Crippen molar-refractivity contribution in [2.24, 2.45) is 5.92 Å². The van der Waals surface area contributed by atoms with E-state index >= 15 is 0 Å². The molecule has 27 heavy (non-hydrogen) atoms. The number of rotatable bonds is 5. The Morgan fingerprint density at radius 2 is 2.07 bits per heavy atom. The molecule has 0 spiro atoms. The summed E-state index contributed by atoms with van der Waals surface area (Å²) in [6.45, 7) is 5.86. The minimum atomic E-state index is -0.363. The fourth-order valence-corrected chi connectivity index (χ4v) is 4.66. The first-order chi connectivity index (χ1) is 12.9. The minimum Gasteiger partial charge on any atom is -0.497 e. The average molecular weight is 388 g/mol. The van der Waals surface area contributed by atoms with E-state index in [1.165, 1.54) is 16.2 Å². The summed E-state index contributed by atoms with van der Waals surface area (Å²) in [6.07, 6.45) is 2.59. The summed E-state index contributed by atoms with van der Waals surface area (Å²) in [5.41, 5.74) is 2.04. The van der Waals surface area contributed by atoms with Crippen molar-refractivity contribution in [3.63, 3.8) is 0 Å². The number of carbonyl (C=O) groups excluding carboxylic acids is 2. The van der Waals surface area contributed by atoms with Crippen molar-refractivity contribution in [3.05, 3.63) is 45.8 Å². The number of fused-ring (bicyclic) bond motifs is 1. The Bertz CT molecular complexity index is 856. The number of carbonyl (C=O) groups is 2. The van der Waals surface area contributed by atoms with Gasteiger partial charge in [0, 0.05) is 10.4 Å². The number of nitrogens with one attached hydrogen (secondary N) is 1. The van der Waals surface area contributed by atoms with Crippen LogP contribution >= 0.6 is 11.3 Å². The van der Waals surface area contributed by atoms with Crippen molar-refractivity contribution >= 4 is 28.2 Å². The molecular weight excluding hydrogens is 362 g/mol. The van der Waals surface area contributed by atoms with E-state index in [1.807, 2.05) is 13.8 Å². The predicted molar refractivity (Wildman–Crippen MR) is 107 cm³/mol. The second-order valence-corrected chi connectivity index (χ2v) is 8.30. The Balaban J connectivity index is 1.93. The Labute approximate surface area is 163 Å². The van der Waals surface area contributed by atoms with E-state index in [9.17, 15) is 9.59 Å². The number of benzene rings is 1. The predicted octanol–water partition coefficient (Wildman–Crippen LogP) is 4.70. The second-order valence-electron chi connectivity index (χ2n) is 7.20. The van der Waals surface area contributed by atoms with Crippen molar-refractivity contribution in [2.75, 3.05) is 12.4 Å². The summed E-state index contributed by atoms with van der Waals surface area (Å²) in [4.78, 5) is 26.6. The largest absolute Gasteiger partial charge is 0.497 e. The molecule has 0 unspecified atom stereocenters. The van der Waals surface area contributed by atoms with Crippen molar-refractivity contribution in [1.82, 2.24) is 0 Å². The van der Waals surface area contributed by atoms with Gasteiger partial charge in [0.1, 0.15) is 10.8 Å². The van der Waals surface area contributed by atoms with Gasteiger partial charge in [0.25, 0.3) is 5.91 Å². The lowest BCUT2D eigenvalue weighted by Crippen LogP contribution is -2.18. The van der Waals surface area contributed by atoms with Gasteiger partial charge in [-0.05, 0) is 62.8 Å². The zero-order valence-electron chi connectivity index (χ0n) is 16.1. The van der Waals surface area contributed by atoms with Crippen LogP contribution in [0.4, 0.5) is 5.00 Å². The standard InChI is InChI=1S/C21H25NO4S/c1-12(2)26-21(24)18-16-9-8-13(3)10-17(16)27-20(18)22-19(23)14-6-5-7-15(11-14)25-4/h5-7,11-13H,8-10H2,1-4H3,(H,22,23)/t13-/m0/s1. The maximum Gasteiger partial charge on any atom is 0.341 e. The average Bonchev–Trinajstić information content (AvgIpc) is 2.98. The van der Waals surface area contributed by atoms with Crippen molar-refractivity contribution in [1.29, 1.82) is 0 Å². The zero-order chi connectivity index (χ0) is 19.6. The topological polar surface area (TPSA) is 64.6 Å². The zero-order valence-corrected chi connectivity index (χ0v) is 16.9. The van der Waals surface area contributed by atoms with Gasteiger partial charge in [0.15, 0.2) is 0 Å². The molecule has 0 radical (unpaired) electrons. The molecule has 1 aromatic carbocycles. The van der Waals surface area contributed by atoms with Crippen molar-refractivity contribution in [2.45, 2.75) is 46.1 Å². The smallest absolute Gasteiger partial charge is 0.341 e. The molecule has 144 valence electrons. The molecule has 0 saturated carbocycles. The molecule has 1 amide bonds. The Hall–Kier alpha value is -2.34. The molecule has 1 aromatic heterocycles. The molecule has 1 heterocycles. The van der Waals surface area contributed by atoms with Crippen LogP contribution in [-0.4, -0.2) is 25.1 Å². The van der Waals surface area contributed by atoms with E-state index in [0.717, 1.165) is 24.8 Å². The lowest BCUT2D eigenvalue weighted by atomic mass is 9.88. The first-order valence-electron chi connectivity index (χ1n) is 9.20. The summed E-state index contributed by atoms with van der Waals surface area (Å²) in [7, 11) is 1.56. The summed E-state index contributed by atoms with van der Waals surface area (Å²) >= 11 is 1.49. The SMILES string of the molecule is COc1cccc(C(=O)Nc2sc3c(c2C(=O)OC(C)C)CC[C@H](C)C3)c1. The second kappa shape index (κ2) is 8.13. The summed E-state index contributed by atoms with van der Waals surface area (Å²) < 4.78 is 10.6. The summed E-state index contributed by atoms with van der Waals surface area (Å²) in [6, 6.07) is 6.95. The molecule has 1 atom stereocenters. The molecule has 1 aliphatic rings. The number of hydrogen-bond acceptors (Lipinski definition) is 5. The van der Waals surface area contributed by atoms with E-state index in [2.05, 4.69) is 12.2 Å². The third-order valence-electron chi connectivity index (χ3n) is 4.62. The van der Waals surface area contributed by atoms with Crippen LogP contribution in [0, 0.1) is 5.92 Å². The van der Waals surface area contributed by atoms with Gasteiger partial charge in [-0.15, -0.1) is 11.3 Å². The molecule has 6 heteroatoms. The normalized spacial score (nSPS) is 16.0. The van der Waals surface area contributed by atoms with E-state index in [-0.39, 0.29) is 18.0 Å². The van der Waals surface area contributed by atoms with Crippen LogP contribution in [0.5, 0.6) is 5.75 Å². The highest BCUT2D eigenvalue weighted by Gasteiger charge is 2.29. The van der Waals surface area contributed by atoms with E-state index < -0.39 is 0 Å². The number of methoxy groups -OCH3 is 1. The van der Waals surface area contributed by atoms with Gasteiger partial charge < -0.3 is 14.8 Å². The highest BCUT2D eigenvalue weighted by atomic mass is 32.1. The number of amides is 1. The van der Waals surface area contributed by atoms with Crippen LogP contribution in [-0.2, 0) is 17.6 Å². The number of esters is 1. The van der Waals surface area contributed by atoms with Gasteiger partial charge in [0.05, 0.1) is 18.8 Å². The number of thiophene rings is 1. The summed E-state index contributed by atoms with van der Waals surface area (Å²) in [5.74, 6) is 0.561. The molecule has 0 bridgehead atoms. The molecule has 5 nitrogen and oxygen atoms in total. The quantitative estimate of drug-likeness (QED) is 0.756. The maximum atomic E-state index is 12.7. The van der Waals surface area contributed by atoms with Gasteiger partial charge in [-0.25, -0.2) is 4.79 Å². The number of ether oxygens (including phenoxy) is 2. The van der Waals surface area contributed by atoms with Gasteiger partial charge >= 0.3 is 5.97 Å². The molecule has 0 fully saturated rings. The lowest BCUT2D eigenvalue weighted by molar-refractivity contribution is 0.0378. The Morgan fingerprint density at radius 1 is 1.30 bits per heavy atom. The van der Waals surface area contributed by atoms with E-state index in [0.29, 0.717) is 27.8 Å². The van der Waals surface area contributed by atoms with Gasteiger partial charge in [-0.2, -0.15) is 0 Å². The van der Waals surface area contributed by atoms with Crippen LogP contribution in [0.3, 0.4) is 0 Å². The van der Waals surface area contributed by atoms with Crippen LogP contribution in [0.25, 0.3) is 0 Å². The van der Waals surface area contributed by atoms with E-state index in [4.69, 9.17) is 9.47 Å². The van der Waals surface area contributed by atoms with Crippen LogP contribution in [0.2, 0.25) is 0 Å². The molecule has 2 aromatic rings. The third kappa shape index (κ3) is 4.33. The maximum absolute atomic E-state index is 12.7. The first-order valence-corrected chi connectivity index (χ1v) is 10.0. The number of hydrogen-bond donors (Lipinski definition) is 1. The van der Waals surface area contributed by atoms with Gasteiger partial charge in [-0.3, -0.25) is 4.79 Å². The molecule has 3 rings (SSSR count). The van der Waals surface area contributed by atoms with Gasteiger partial charge in [-0.1, -0.05) is 13.0 Å². The molecular formula is C21H25NO4S. The van der Waals surface area contributed by atoms with Crippen LogP contribution < -0.4 is 10.1 Å². The van der Waals surface area contributed by atoms with Crippen molar-refractivity contribution in [3.8, 4) is 5.75 Å². The fraction of sp³-hybridized carbons (Fsp3) is 0.429. The van der Waals surface area contributed by atoms with Gasteiger partial charge in [0.2, 0.25) is 0 Å². The highest BCUT2D eigenvalue weighted by molar-refractivity contribution is 7.17. The van der Waals surface area contributed by atoms with Crippen LogP contribution in [0.1, 0.15) is 58.3 Å². The Morgan fingerprint density at radius 3 is 2.78 bits per heavy atom. The molecule has 1 aliphatic carbocycles. The number of anilines is 1. The third-order valence-corrected chi connectivity index (χ3v) is 5.79. The Kier molecular flexibility index (Phi) is 5.85. The van der Waals surface area contributed by atoms with E-state index in [1.54, 1.807) is 31.4 Å². The first kappa shape index (κ1) is 19.4. The molecule has 0 aliphatic heterocycles. The molecule has 0 saturated heterocycles. The fourth-order valence-electron chi connectivity index (χ4n) is 3.27.